The fourth-order valence-electron chi connectivity index (χ4n) is 2.95. The molecule has 1 aromatic rings. The summed E-state index contributed by atoms with van der Waals surface area (Å²) in [5.74, 6) is 2.07. The molecule has 1 aliphatic carbocycles. The van der Waals surface area contributed by atoms with Gasteiger partial charge in [0.25, 0.3) is 0 Å². The molecule has 5 heteroatoms. The average molecular weight is 251 g/mol. The molecule has 102 valence electrons. The van der Waals surface area contributed by atoms with E-state index in [0.717, 1.165) is 24.6 Å². The van der Waals surface area contributed by atoms with Crippen LogP contribution in [-0.4, -0.2) is 26.2 Å². The van der Waals surface area contributed by atoms with Gasteiger partial charge in [-0.2, -0.15) is 4.80 Å². The summed E-state index contributed by atoms with van der Waals surface area (Å²) in [6.45, 7) is 6.98. The zero-order valence-electron chi connectivity index (χ0n) is 11.9. The Balaban J connectivity index is 2.02. The van der Waals surface area contributed by atoms with Gasteiger partial charge in [-0.25, -0.2) is 0 Å². The standard InChI is InChI=1S/C13H25N5/c1-13(2,3)10-5-6-11(14)9(7-10)8-12-15-17-18(4)16-12/h9-11H,5-8,14H2,1-4H3. The van der Waals surface area contributed by atoms with E-state index in [1.807, 2.05) is 0 Å². The van der Waals surface area contributed by atoms with Gasteiger partial charge in [-0.05, 0) is 41.7 Å². The van der Waals surface area contributed by atoms with E-state index in [0.29, 0.717) is 11.3 Å². The maximum absolute atomic E-state index is 6.26. The van der Waals surface area contributed by atoms with Crippen LogP contribution in [0.15, 0.2) is 0 Å². The van der Waals surface area contributed by atoms with Crippen LogP contribution in [-0.2, 0) is 13.5 Å². The predicted octanol–water partition coefficient (Wildman–Crippen LogP) is 1.54. The third kappa shape index (κ3) is 3.07. The highest BCUT2D eigenvalue weighted by atomic mass is 15.6. The average Bonchev–Trinajstić information content (AvgIpc) is 2.66. The molecule has 1 heterocycles. The molecule has 18 heavy (non-hydrogen) atoms. The van der Waals surface area contributed by atoms with Crippen molar-refractivity contribution in [1.29, 1.82) is 0 Å². The van der Waals surface area contributed by atoms with E-state index in [4.69, 9.17) is 5.73 Å². The molecule has 0 saturated heterocycles. The number of aryl methyl sites for hydroxylation is 1. The van der Waals surface area contributed by atoms with Crippen LogP contribution in [0.1, 0.15) is 45.9 Å². The van der Waals surface area contributed by atoms with Crippen molar-refractivity contribution in [2.24, 2.45) is 30.0 Å². The van der Waals surface area contributed by atoms with Crippen LogP contribution in [0.25, 0.3) is 0 Å². The SMILES string of the molecule is Cn1nnc(CC2CC(C(C)(C)C)CCC2N)n1. The van der Waals surface area contributed by atoms with Gasteiger partial charge >= 0.3 is 0 Å². The van der Waals surface area contributed by atoms with Gasteiger partial charge in [0.2, 0.25) is 0 Å². The van der Waals surface area contributed by atoms with Crippen molar-refractivity contribution in [3.63, 3.8) is 0 Å². The van der Waals surface area contributed by atoms with Crippen molar-refractivity contribution in [2.75, 3.05) is 0 Å². The van der Waals surface area contributed by atoms with Crippen LogP contribution in [0.5, 0.6) is 0 Å². The number of aromatic nitrogens is 4. The Kier molecular flexibility index (Phi) is 3.71. The van der Waals surface area contributed by atoms with Gasteiger partial charge in [-0.15, -0.1) is 10.2 Å². The van der Waals surface area contributed by atoms with Crippen LogP contribution in [0.3, 0.4) is 0 Å². The Labute approximate surface area is 109 Å². The first-order valence-electron chi connectivity index (χ1n) is 6.84. The Morgan fingerprint density at radius 3 is 2.61 bits per heavy atom. The van der Waals surface area contributed by atoms with Crippen LogP contribution >= 0.6 is 0 Å². The molecule has 0 aliphatic heterocycles. The highest BCUT2D eigenvalue weighted by molar-refractivity contribution is 4.92. The number of tetrazole rings is 1. The minimum Gasteiger partial charge on any atom is -0.327 e. The number of nitrogens with zero attached hydrogens (tertiary/aromatic N) is 4. The normalized spacial score (nSPS) is 29.5. The molecule has 1 aromatic heterocycles. The zero-order valence-corrected chi connectivity index (χ0v) is 11.9. The van der Waals surface area contributed by atoms with E-state index in [9.17, 15) is 0 Å². The van der Waals surface area contributed by atoms with Gasteiger partial charge in [0.1, 0.15) is 0 Å². The molecule has 2 rings (SSSR count). The minimum absolute atomic E-state index is 0.285. The summed E-state index contributed by atoms with van der Waals surface area (Å²) in [6.07, 6.45) is 4.41. The van der Waals surface area contributed by atoms with Crippen molar-refractivity contribution in [2.45, 2.75) is 52.5 Å². The van der Waals surface area contributed by atoms with Crippen molar-refractivity contribution in [3.8, 4) is 0 Å². The summed E-state index contributed by atoms with van der Waals surface area (Å²) >= 11 is 0. The molecular formula is C13H25N5. The second-order valence-corrected chi connectivity index (χ2v) is 6.70. The molecule has 1 aliphatic rings. The van der Waals surface area contributed by atoms with E-state index in [1.165, 1.54) is 17.6 Å². The fraction of sp³-hybridized carbons (Fsp3) is 0.923. The van der Waals surface area contributed by atoms with Crippen molar-refractivity contribution in [3.05, 3.63) is 5.82 Å². The molecule has 0 amide bonds. The topological polar surface area (TPSA) is 69.6 Å². The minimum atomic E-state index is 0.285. The van der Waals surface area contributed by atoms with Crippen molar-refractivity contribution in [1.82, 2.24) is 20.2 Å². The van der Waals surface area contributed by atoms with Gasteiger partial charge in [0.05, 0.1) is 7.05 Å². The smallest absolute Gasteiger partial charge is 0.175 e. The third-order valence-electron chi connectivity index (χ3n) is 4.26. The molecule has 3 unspecified atom stereocenters. The first-order valence-corrected chi connectivity index (χ1v) is 6.84. The van der Waals surface area contributed by atoms with Crippen molar-refractivity contribution < 1.29 is 0 Å². The Bertz CT molecular complexity index is 392. The van der Waals surface area contributed by atoms with Crippen LogP contribution < -0.4 is 5.73 Å². The lowest BCUT2D eigenvalue weighted by atomic mass is 9.67. The molecule has 2 N–H and O–H groups in total. The van der Waals surface area contributed by atoms with Crippen LogP contribution in [0.4, 0.5) is 0 Å². The van der Waals surface area contributed by atoms with Crippen molar-refractivity contribution >= 4 is 0 Å². The highest BCUT2D eigenvalue weighted by Gasteiger charge is 2.34. The fourth-order valence-corrected chi connectivity index (χ4v) is 2.95. The molecule has 0 bridgehead atoms. The second kappa shape index (κ2) is 4.96. The van der Waals surface area contributed by atoms with E-state index in [-0.39, 0.29) is 6.04 Å². The summed E-state index contributed by atoms with van der Waals surface area (Å²) < 4.78 is 0. The van der Waals surface area contributed by atoms with Gasteiger partial charge in [0.15, 0.2) is 5.82 Å². The number of rotatable bonds is 2. The molecular weight excluding hydrogens is 226 g/mol. The first kappa shape index (κ1) is 13.5. The highest BCUT2D eigenvalue weighted by Crippen LogP contribution is 2.40. The number of nitrogens with two attached hydrogens (primary N) is 1. The van der Waals surface area contributed by atoms with Crippen LogP contribution in [0.2, 0.25) is 0 Å². The summed E-state index contributed by atoms with van der Waals surface area (Å²) in [6, 6.07) is 0.285. The Morgan fingerprint density at radius 2 is 2.06 bits per heavy atom. The van der Waals surface area contributed by atoms with E-state index in [2.05, 4.69) is 36.2 Å². The molecule has 1 saturated carbocycles. The molecule has 3 atom stereocenters. The lowest BCUT2D eigenvalue weighted by molar-refractivity contribution is 0.126. The maximum atomic E-state index is 6.26. The molecule has 1 fully saturated rings. The summed E-state index contributed by atoms with van der Waals surface area (Å²) in [7, 11) is 1.80. The second-order valence-electron chi connectivity index (χ2n) is 6.70. The Hall–Kier alpha value is -0.970. The predicted molar refractivity (Wildman–Crippen MR) is 70.8 cm³/mol. The number of hydrogen-bond acceptors (Lipinski definition) is 4. The largest absolute Gasteiger partial charge is 0.327 e. The van der Waals surface area contributed by atoms with Crippen LogP contribution in [0, 0.1) is 17.3 Å². The van der Waals surface area contributed by atoms with Gasteiger partial charge in [0, 0.05) is 12.5 Å². The van der Waals surface area contributed by atoms with E-state index < -0.39 is 0 Å². The maximum Gasteiger partial charge on any atom is 0.175 e. The quantitative estimate of drug-likeness (QED) is 0.865. The lowest BCUT2D eigenvalue weighted by Gasteiger charge is -2.40. The summed E-state index contributed by atoms with van der Waals surface area (Å²) in [5.41, 5.74) is 6.63. The molecule has 0 radical (unpaired) electrons. The van der Waals surface area contributed by atoms with Gasteiger partial charge < -0.3 is 5.73 Å². The zero-order chi connectivity index (χ0) is 13.3. The third-order valence-corrected chi connectivity index (χ3v) is 4.26. The molecule has 5 nitrogen and oxygen atoms in total. The van der Waals surface area contributed by atoms with E-state index >= 15 is 0 Å². The van der Waals surface area contributed by atoms with Gasteiger partial charge in [-0.1, -0.05) is 20.8 Å². The van der Waals surface area contributed by atoms with E-state index in [1.54, 1.807) is 7.05 Å². The lowest BCUT2D eigenvalue weighted by Crippen LogP contribution is -2.40. The monoisotopic (exact) mass is 251 g/mol. The van der Waals surface area contributed by atoms with Gasteiger partial charge in [-0.3, -0.25) is 0 Å². The first-order chi connectivity index (χ1) is 8.36. The summed E-state index contributed by atoms with van der Waals surface area (Å²) in [4.78, 5) is 1.52. The molecule has 0 spiro atoms. The Morgan fingerprint density at radius 1 is 1.33 bits per heavy atom. The molecule has 0 aromatic carbocycles. The summed E-state index contributed by atoms with van der Waals surface area (Å²) in [5, 5.41) is 12.2. The number of hydrogen-bond donors (Lipinski definition) is 1.